The van der Waals surface area contributed by atoms with Crippen molar-refractivity contribution in [3.8, 4) is 0 Å². The van der Waals surface area contributed by atoms with Crippen LogP contribution in [0.15, 0.2) is 4.52 Å². The van der Waals surface area contributed by atoms with Crippen molar-refractivity contribution in [3.05, 3.63) is 11.7 Å². The van der Waals surface area contributed by atoms with Gasteiger partial charge in [0, 0.05) is 40.3 Å². The van der Waals surface area contributed by atoms with Gasteiger partial charge in [-0.25, -0.2) is 0 Å². The molecule has 0 spiro atoms. The summed E-state index contributed by atoms with van der Waals surface area (Å²) in [5.41, 5.74) is -0.536. The highest BCUT2D eigenvalue weighted by Crippen LogP contribution is 2.33. The van der Waals surface area contributed by atoms with Crippen molar-refractivity contribution < 1.29 is 23.8 Å². The largest absolute Gasteiger partial charge is 0.390 e. The Morgan fingerprint density at radius 1 is 1.37 bits per heavy atom. The molecule has 2 rings (SSSR count). The van der Waals surface area contributed by atoms with Gasteiger partial charge in [-0.2, -0.15) is 4.98 Å². The molecule has 0 bridgehead atoms. The number of methoxy groups -OCH3 is 2. The van der Waals surface area contributed by atoms with Gasteiger partial charge in [-0.1, -0.05) is 5.16 Å². The van der Waals surface area contributed by atoms with Gasteiger partial charge in [0.25, 0.3) is 0 Å². The van der Waals surface area contributed by atoms with Gasteiger partial charge in [0.05, 0.1) is 19.1 Å². The Balaban J connectivity index is 2.06. The summed E-state index contributed by atoms with van der Waals surface area (Å²) in [6.45, 7) is 1.47. The van der Waals surface area contributed by atoms with Crippen LogP contribution >= 0.6 is 0 Å². The van der Waals surface area contributed by atoms with Gasteiger partial charge in [-0.3, -0.25) is 0 Å². The molecule has 19 heavy (non-hydrogen) atoms. The second-order valence-electron chi connectivity index (χ2n) is 4.64. The van der Waals surface area contributed by atoms with E-state index in [1.165, 1.54) is 7.11 Å². The molecule has 7 heteroatoms. The van der Waals surface area contributed by atoms with Crippen LogP contribution in [0.4, 0.5) is 0 Å². The minimum atomic E-state index is -0.647. The molecule has 1 aliphatic rings. The van der Waals surface area contributed by atoms with E-state index in [1.54, 1.807) is 7.11 Å². The Bertz CT molecular complexity index is 389. The monoisotopic (exact) mass is 272 g/mol. The summed E-state index contributed by atoms with van der Waals surface area (Å²) in [6.07, 6.45) is 1.02. The number of aromatic nitrogens is 2. The third-order valence-corrected chi connectivity index (χ3v) is 3.34. The smallest absolute Gasteiger partial charge is 0.229 e. The summed E-state index contributed by atoms with van der Waals surface area (Å²) in [5.74, 6) is 0.917. The highest BCUT2D eigenvalue weighted by atomic mass is 16.5. The fraction of sp³-hybridized carbons (Fsp3) is 0.833. The van der Waals surface area contributed by atoms with Gasteiger partial charge in [0.2, 0.25) is 11.7 Å². The van der Waals surface area contributed by atoms with Crippen molar-refractivity contribution in [2.45, 2.75) is 31.0 Å². The zero-order valence-electron chi connectivity index (χ0n) is 11.3. The zero-order chi connectivity index (χ0) is 13.7. The van der Waals surface area contributed by atoms with Crippen LogP contribution in [0.5, 0.6) is 0 Å². The maximum Gasteiger partial charge on any atom is 0.229 e. The average molecular weight is 272 g/mol. The van der Waals surface area contributed by atoms with Gasteiger partial charge in [0.1, 0.15) is 5.60 Å². The molecule has 1 unspecified atom stereocenters. The number of aliphatic hydroxyl groups excluding tert-OH is 1. The van der Waals surface area contributed by atoms with Crippen LogP contribution in [0.3, 0.4) is 0 Å². The first kappa shape index (κ1) is 14.4. The van der Waals surface area contributed by atoms with Crippen LogP contribution < -0.4 is 0 Å². The fourth-order valence-electron chi connectivity index (χ4n) is 2.20. The fourth-order valence-corrected chi connectivity index (χ4v) is 2.20. The number of nitrogens with zero attached hydrogens (tertiary/aromatic N) is 2. The van der Waals surface area contributed by atoms with E-state index in [-0.39, 0.29) is 13.0 Å². The second kappa shape index (κ2) is 6.42. The van der Waals surface area contributed by atoms with Crippen LogP contribution in [-0.2, 0) is 26.2 Å². The van der Waals surface area contributed by atoms with Crippen LogP contribution in [0.25, 0.3) is 0 Å². The Labute approximate surface area is 111 Å². The molecule has 1 atom stereocenters. The van der Waals surface area contributed by atoms with E-state index in [0.717, 1.165) is 0 Å². The number of hydrogen-bond acceptors (Lipinski definition) is 7. The number of ether oxygens (including phenoxy) is 3. The zero-order valence-corrected chi connectivity index (χ0v) is 11.3. The van der Waals surface area contributed by atoms with Crippen molar-refractivity contribution >= 4 is 0 Å². The van der Waals surface area contributed by atoms with Crippen molar-refractivity contribution in [1.29, 1.82) is 0 Å². The summed E-state index contributed by atoms with van der Waals surface area (Å²) in [5, 5.41) is 13.6. The van der Waals surface area contributed by atoms with Crippen LogP contribution in [0.2, 0.25) is 0 Å². The summed E-state index contributed by atoms with van der Waals surface area (Å²) < 4.78 is 20.9. The second-order valence-corrected chi connectivity index (χ2v) is 4.64. The number of hydrogen-bond donors (Lipinski definition) is 1. The first-order chi connectivity index (χ1) is 9.20. The lowest BCUT2D eigenvalue weighted by molar-refractivity contribution is -0.101. The topological polar surface area (TPSA) is 86.8 Å². The molecular formula is C12H20N2O5. The molecule has 2 heterocycles. The first-order valence-corrected chi connectivity index (χ1v) is 6.33. The number of aliphatic hydroxyl groups is 1. The van der Waals surface area contributed by atoms with E-state index >= 15 is 0 Å². The predicted octanol–water partition coefficient (Wildman–Crippen LogP) is 0.272. The third kappa shape index (κ3) is 3.30. The molecule has 1 aliphatic heterocycles. The predicted molar refractivity (Wildman–Crippen MR) is 64.6 cm³/mol. The van der Waals surface area contributed by atoms with Crippen LogP contribution in [0.1, 0.15) is 24.6 Å². The molecule has 1 fully saturated rings. The van der Waals surface area contributed by atoms with Gasteiger partial charge in [-0.05, 0) is 0 Å². The van der Waals surface area contributed by atoms with Gasteiger partial charge >= 0.3 is 0 Å². The molecular weight excluding hydrogens is 252 g/mol. The summed E-state index contributed by atoms with van der Waals surface area (Å²) in [4.78, 5) is 4.33. The molecule has 0 aromatic carbocycles. The van der Waals surface area contributed by atoms with E-state index in [2.05, 4.69) is 10.1 Å². The van der Waals surface area contributed by atoms with Crippen LogP contribution in [0, 0.1) is 0 Å². The van der Waals surface area contributed by atoms with Gasteiger partial charge in [-0.15, -0.1) is 0 Å². The lowest BCUT2D eigenvalue weighted by Gasteiger charge is -2.32. The van der Waals surface area contributed by atoms with Crippen molar-refractivity contribution in [2.24, 2.45) is 0 Å². The standard InChI is InChI=1S/C12H20N2O5/c1-16-8-9(15)7-10-13-11(14-19-10)12(17-2)3-5-18-6-4-12/h9,15H,3-8H2,1-2H3. The minimum Gasteiger partial charge on any atom is -0.390 e. The highest BCUT2D eigenvalue weighted by molar-refractivity contribution is 5.03. The SMILES string of the molecule is COCC(O)Cc1nc(C2(OC)CCOCC2)no1. The third-order valence-electron chi connectivity index (χ3n) is 3.34. The quantitative estimate of drug-likeness (QED) is 0.795. The highest BCUT2D eigenvalue weighted by Gasteiger charge is 2.39. The number of rotatable bonds is 6. The molecule has 1 aromatic rings. The molecule has 7 nitrogen and oxygen atoms in total. The van der Waals surface area contributed by atoms with Crippen LogP contribution in [-0.4, -0.2) is 55.4 Å². The van der Waals surface area contributed by atoms with E-state index in [9.17, 15) is 5.11 Å². The summed E-state index contributed by atoms with van der Waals surface area (Å²) >= 11 is 0. The van der Waals surface area contributed by atoms with Crippen molar-refractivity contribution in [3.63, 3.8) is 0 Å². The Morgan fingerprint density at radius 3 is 2.74 bits per heavy atom. The maximum absolute atomic E-state index is 9.64. The van der Waals surface area contributed by atoms with E-state index in [0.29, 0.717) is 37.8 Å². The molecule has 0 saturated carbocycles. The van der Waals surface area contributed by atoms with Gasteiger partial charge < -0.3 is 23.8 Å². The Hall–Kier alpha value is -1.02. The molecule has 0 amide bonds. The molecule has 1 aromatic heterocycles. The normalized spacial score (nSPS) is 20.4. The Morgan fingerprint density at radius 2 is 2.11 bits per heavy atom. The van der Waals surface area contributed by atoms with Crippen molar-refractivity contribution in [1.82, 2.24) is 10.1 Å². The minimum absolute atomic E-state index is 0.237. The van der Waals surface area contributed by atoms with E-state index in [4.69, 9.17) is 18.7 Å². The molecule has 108 valence electrons. The molecule has 1 N–H and O–H groups in total. The Kier molecular flexibility index (Phi) is 4.87. The molecule has 1 saturated heterocycles. The lowest BCUT2D eigenvalue weighted by Crippen LogP contribution is -2.36. The first-order valence-electron chi connectivity index (χ1n) is 6.33. The summed E-state index contributed by atoms with van der Waals surface area (Å²) in [6, 6.07) is 0. The van der Waals surface area contributed by atoms with E-state index in [1.807, 2.05) is 0 Å². The maximum atomic E-state index is 9.64. The van der Waals surface area contributed by atoms with Crippen molar-refractivity contribution in [2.75, 3.05) is 34.0 Å². The van der Waals surface area contributed by atoms with Gasteiger partial charge in [0.15, 0.2) is 0 Å². The molecule has 0 radical (unpaired) electrons. The summed E-state index contributed by atoms with van der Waals surface area (Å²) in [7, 11) is 3.17. The average Bonchev–Trinajstić information content (AvgIpc) is 2.89. The lowest BCUT2D eigenvalue weighted by atomic mass is 9.93. The van der Waals surface area contributed by atoms with E-state index < -0.39 is 11.7 Å². The molecule has 0 aliphatic carbocycles.